The number of nitrogens with one attached hydrogen (secondary N) is 1. The minimum Gasteiger partial charge on any atom is -0.313 e. The molecule has 2 unspecified atom stereocenters. The van der Waals surface area contributed by atoms with Crippen LogP contribution in [0.5, 0.6) is 0 Å². The molecule has 0 spiro atoms. The molecule has 1 fully saturated rings. The first kappa shape index (κ1) is 12.9. The van der Waals surface area contributed by atoms with Crippen molar-refractivity contribution < 1.29 is 0 Å². The van der Waals surface area contributed by atoms with Gasteiger partial charge in [-0.3, -0.25) is 0 Å². The van der Waals surface area contributed by atoms with Crippen molar-refractivity contribution in [1.29, 1.82) is 0 Å². The summed E-state index contributed by atoms with van der Waals surface area (Å²) in [5.74, 6) is 0.816. The largest absolute Gasteiger partial charge is 0.313 e. The molecule has 2 atom stereocenters. The van der Waals surface area contributed by atoms with Crippen LogP contribution in [-0.2, 0) is 11.8 Å². The van der Waals surface area contributed by atoms with Gasteiger partial charge in [0.05, 0.1) is 0 Å². The maximum Gasteiger partial charge on any atom is 0.0144 e. The van der Waals surface area contributed by atoms with Crippen molar-refractivity contribution in [2.75, 3.05) is 6.54 Å². The lowest BCUT2D eigenvalue weighted by atomic mass is 9.61. The highest BCUT2D eigenvalue weighted by atomic mass is 35.5. The Bertz CT molecular complexity index is 400. The minimum absolute atomic E-state index is 0. The van der Waals surface area contributed by atoms with Crippen molar-refractivity contribution in [3.8, 4) is 0 Å². The van der Waals surface area contributed by atoms with E-state index in [4.69, 9.17) is 0 Å². The van der Waals surface area contributed by atoms with Gasteiger partial charge in [-0.25, -0.2) is 0 Å². The quantitative estimate of drug-likeness (QED) is 0.746. The molecule has 0 amide bonds. The van der Waals surface area contributed by atoms with Gasteiger partial charge in [-0.05, 0) is 48.3 Å². The molecular weight excluding hydrogens is 230 g/mol. The van der Waals surface area contributed by atoms with Crippen molar-refractivity contribution in [3.05, 3.63) is 35.4 Å². The highest BCUT2D eigenvalue weighted by molar-refractivity contribution is 5.85. The predicted octanol–water partition coefficient (Wildman–Crippen LogP) is 3.31. The fourth-order valence-corrected chi connectivity index (χ4v) is 3.79. The van der Waals surface area contributed by atoms with Crippen molar-refractivity contribution in [1.82, 2.24) is 5.32 Å². The number of rotatable bonds is 0. The van der Waals surface area contributed by atoms with Gasteiger partial charge in [-0.2, -0.15) is 0 Å². The first-order valence-electron chi connectivity index (χ1n) is 6.51. The Hall–Kier alpha value is -0.530. The number of benzene rings is 1. The van der Waals surface area contributed by atoms with E-state index >= 15 is 0 Å². The van der Waals surface area contributed by atoms with Gasteiger partial charge in [0.25, 0.3) is 0 Å². The molecule has 1 heterocycles. The molecule has 0 aromatic heterocycles. The van der Waals surface area contributed by atoms with Gasteiger partial charge in [0.2, 0.25) is 0 Å². The molecule has 3 rings (SSSR count). The summed E-state index contributed by atoms with van der Waals surface area (Å²) in [6, 6.07) is 9.72. The number of hydrogen-bond donors (Lipinski definition) is 1. The van der Waals surface area contributed by atoms with Crippen LogP contribution in [0.25, 0.3) is 0 Å². The van der Waals surface area contributed by atoms with Gasteiger partial charge in [0, 0.05) is 6.04 Å². The van der Waals surface area contributed by atoms with Crippen molar-refractivity contribution in [3.63, 3.8) is 0 Å². The van der Waals surface area contributed by atoms with Gasteiger partial charge in [-0.1, -0.05) is 38.1 Å². The third-order valence-corrected chi connectivity index (χ3v) is 4.66. The van der Waals surface area contributed by atoms with Crippen LogP contribution in [0.2, 0.25) is 0 Å². The van der Waals surface area contributed by atoms with E-state index in [1.54, 1.807) is 11.1 Å². The Morgan fingerprint density at radius 1 is 1.24 bits per heavy atom. The van der Waals surface area contributed by atoms with Crippen molar-refractivity contribution in [2.45, 2.75) is 44.6 Å². The second kappa shape index (κ2) is 4.62. The van der Waals surface area contributed by atoms with E-state index in [2.05, 4.69) is 43.4 Å². The average Bonchev–Trinajstić information content (AvgIpc) is 2.29. The summed E-state index contributed by atoms with van der Waals surface area (Å²) in [5.41, 5.74) is 3.48. The molecule has 0 radical (unpaired) electrons. The molecule has 17 heavy (non-hydrogen) atoms. The van der Waals surface area contributed by atoms with E-state index < -0.39 is 0 Å². The van der Waals surface area contributed by atoms with Crippen LogP contribution in [0, 0.1) is 5.92 Å². The van der Waals surface area contributed by atoms with Crippen LogP contribution in [-0.4, -0.2) is 12.6 Å². The standard InChI is InChI=1S/C15H21N.ClH/c1-15(2)12-7-4-3-6-11(12)10-14-13(15)8-5-9-16-14;/h3-4,6-7,13-14,16H,5,8-10H2,1-2H3;1H. The Morgan fingerprint density at radius 2 is 2.00 bits per heavy atom. The van der Waals surface area contributed by atoms with Crippen LogP contribution in [0.4, 0.5) is 0 Å². The summed E-state index contributed by atoms with van der Waals surface area (Å²) in [5, 5.41) is 3.72. The Labute approximate surface area is 110 Å². The number of piperidine rings is 1. The molecule has 1 aliphatic heterocycles. The molecule has 1 N–H and O–H groups in total. The molecule has 1 aromatic rings. The lowest BCUT2D eigenvalue weighted by molar-refractivity contribution is 0.168. The first-order chi connectivity index (χ1) is 7.69. The smallest absolute Gasteiger partial charge is 0.0144 e. The van der Waals surface area contributed by atoms with E-state index in [9.17, 15) is 0 Å². The van der Waals surface area contributed by atoms with Crippen LogP contribution in [0.3, 0.4) is 0 Å². The normalized spacial score (nSPS) is 29.8. The number of hydrogen-bond acceptors (Lipinski definition) is 1. The van der Waals surface area contributed by atoms with E-state index in [0.29, 0.717) is 11.5 Å². The van der Waals surface area contributed by atoms with Crippen molar-refractivity contribution in [2.24, 2.45) is 5.92 Å². The van der Waals surface area contributed by atoms with E-state index in [1.165, 1.54) is 25.8 Å². The second-order valence-electron chi connectivity index (χ2n) is 5.89. The van der Waals surface area contributed by atoms with Crippen LogP contribution < -0.4 is 5.32 Å². The molecule has 2 aliphatic rings. The third-order valence-electron chi connectivity index (χ3n) is 4.66. The molecule has 1 nitrogen and oxygen atoms in total. The van der Waals surface area contributed by atoms with Crippen LogP contribution in [0.15, 0.2) is 24.3 Å². The number of fused-ring (bicyclic) bond motifs is 2. The summed E-state index contributed by atoms with van der Waals surface area (Å²) >= 11 is 0. The molecule has 1 aliphatic carbocycles. The summed E-state index contributed by atoms with van der Waals surface area (Å²) in [7, 11) is 0. The minimum atomic E-state index is 0. The Balaban J connectivity index is 0.00000108. The maximum absolute atomic E-state index is 3.72. The Morgan fingerprint density at radius 3 is 2.82 bits per heavy atom. The van der Waals surface area contributed by atoms with E-state index in [0.717, 1.165) is 5.92 Å². The SMILES string of the molecule is CC1(C)c2ccccc2CC2NCCCC21.Cl. The van der Waals surface area contributed by atoms with Crippen molar-refractivity contribution >= 4 is 12.4 Å². The van der Waals surface area contributed by atoms with Crippen LogP contribution in [0.1, 0.15) is 37.8 Å². The summed E-state index contributed by atoms with van der Waals surface area (Å²) in [6.07, 6.45) is 3.95. The molecular formula is C15H22ClN. The average molecular weight is 252 g/mol. The van der Waals surface area contributed by atoms with Gasteiger partial charge in [0.15, 0.2) is 0 Å². The topological polar surface area (TPSA) is 12.0 Å². The van der Waals surface area contributed by atoms with E-state index in [1.807, 2.05) is 0 Å². The van der Waals surface area contributed by atoms with Gasteiger partial charge in [-0.15, -0.1) is 12.4 Å². The van der Waals surface area contributed by atoms with Crippen LogP contribution >= 0.6 is 12.4 Å². The van der Waals surface area contributed by atoms with Gasteiger partial charge < -0.3 is 5.32 Å². The lowest BCUT2D eigenvalue weighted by Gasteiger charge is -2.48. The zero-order chi connectivity index (χ0) is 11.2. The fourth-order valence-electron chi connectivity index (χ4n) is 3.79. The lowest BCUT2D eigenvalue weighted by Crippen LogP contribution is -2.53. The predicted molar refractivity (Wildman–Crippen MR) is 74.9 cm³/mol. The summed E-state index contributed by atoms with van der Waals surface area (Å²) in [4.78, 5) is 0. The molecule has 94 valence electrons. The fraction of sp³-hybridized carbons (Fsp3) is 0.600. The highest BCUT2D eigenvalue weighted by Crippen LogP contribution is 2.44. The monoisotopic (exact) mass is 251 g/mol. The molecule has 1 saturated heterocycles. The number of halogens is 1. The summed E-state index contributed by atoms with van der Waals surface area (Å²) in [6.45, 7) is 6.06. The molecule has 0 bridgehead atoms. The zero-order valence-electron chi connectivity index (χ0n) is 10.7. The molecule has 1 aromatic carbocycles. The molecule has 2 heteroatoms. The molecule has 0 saturated carbocycles. The summed E-state index contributed by atoms with van der Waals surface area (Å²) < 4.78 is 0. The highest BCUT2D eigenvalue weighted by Gasteiger charge is 2.42. The zero-order valence-corrected chi connectivity index (χ0v) is 11.5. The maximum atomic E-state index is 3.72. The first-order valence-corrected chi connectivity index (χ1v) is 6.51. The Kier molecular flexibility index (Phi) is 3.51. The van der Waals surface area contributed by atoms with Gasteiger partial charge >= 0.3 is 0 Å². The van der Waals surface area contributed by atoms with Gasteiger partial charge in [0.1, 0.15) is 0 Å². The van der Waals surface area contributed by atoms with E-state index in [-0.39, 0.29) is 12.4 Å². The third kappa shape index (κ3) is 2.00. The second-order valence-corrected chi connectivity index (χ2v) is 5.89.